The van der Waals surface area contributed by atoms with Crippen molar-refractivity contribution in [3.63, 3.8) is 0 Å². The zero-order valence-corrected chi connectivity index (χ0v) is 11.1. The average molecular weight is 300 g/mol. The van der Waals surface area contributed by atoms with E-state index in [9.17, 15) is 10.1 Å². The van der Waals surface area contributed by atoms with Crippen LogP contribution in [0.4, 0.5) is 5.69 Å². The van der Waals surface area contributed by atoms with E-state index >= 15 is 0 Å². The number of halogens is 2. The number of benzene rings is 1. The maximum atomic E-state index is 10.7. The van der Waals surface area contributed by atoms with E-state index in [0.29, 0.717) is 5.56 Å². The van der Waals surface area contributed by atoms with Crippen LogP contribution >= 0.6 is 23.2 Å². The number of nitrogens with zero attached hydrogens (tertiary/aromatic N) is 3. The Morgan fingerprint density at radius 1 is 1.37 bits per heavy atom. The lowest BCUT2D eigenvalue weighted by molar-refractivity contribution is -0.384. The van der Waals surface area contributed by atoms with Gasteiger partial charge in [0.15, 0.2) is 5.75 Å². The molecular weight excluding hydrogens is 293 g/mol. The summed E-state index contributed by atoms with van der Waals surface area (Å²) in [5.41, 5.74) is 0.504. The molecule has 0 aliphatic carbocycles. The fraction of sp³-hybridized carbons (Fsp3) is 0.0909. The lowest BCUT2D eigenvalue weighted by atomic mass is 10.3. The largest absolute Gasteiger partial charge is 0.437 e. The highest BCUT2D eigenvalue weighted by molar-refractivity contribution is 6.32. The van der Waals surface area contributed by atoms with E-state index in [1.165, 1.54) is 24.4 Å². The van der Waals surface area contributed by atoms with Gasteiger partial charge >= 0.3 is 0 Å². The van der Waals surface area contributed by atoms with Crippen LogP contribution in [0.15, 0.2) is 24.4 Å². The molecule has 0 atom stereocenters. The van der Waals surface area contributed by atoms with Crippen molar-refractivity contribution in [1.29, 1.82) is 0 Å². The Bertz CT molecular complexity index is 649. The predicted molar refractivity (Wildman–Crippen MR) is 70.0 cm³/mol. The van der Waals surface area contributed by atoms with Gasteiger partial charge in [0.2, 0.25) is 11.2 Å². The molecule has 6 nitrogen and oxygen atoms in total. The van der Waals surface area contributed by atoms with Crippen molar-refractivity contribution in [2.75, 3.05) is 0 Å². The number of aromatic nitrogens is 2. The molecule has 0 unspecified atom stereocenters. The Kier molecular flexibility index (Phi) is 3.82. The fourth-order valence-corrected chi connectivity index (χ4v) is 1.58. The van der Waals surface area contributed by atoms with E-state index in [1.807, 2.05) is 0 Å². The number of nitro groups is 1. The van der Waals surface area contributed by atoms with Crippen LogP contribution < -0.4 is 4.74 Å². The Labute approximate surface area is 118 Å². The van der Waals surface area contributed by atoms with Crippen LogP contribution in [0.25, 0.3) is 0 Å². The van der Waals surface area contributed by atoms with Crippen molar-refractivity contribution in [3.8, 4) is 11.6 Å². The number of aryl methyl sites for hydroxylation is 1. The van der Waals surface area contributed by atoms with Crippen LogP contribution in [0, 0.1) is 17.0 Å². The van der Waals surface area contributed by atoms with E-state index in [-0.39, 0.29) is 27.6 Å². The minimum absolute atomic E-state index is 0.0159. The van der Waals surface area contributed by atoms with Gasteiger partial charge in [-0.25, -0.2) is 4.98 Å². The fourth-order valence-electron chi connectivity index (χ4n) is 1.30. The maximum absolute atomic E-state index is 10.7. The van der Waals surface area contributed by atoms with Crippen molar-refractivity contribution in [3.05, 3.63) is 50.4 Å². The van der Waals surface area contributed by atoms with Gasteiger partial charge in [-0.05, 0) is 24.6 Å². The molecule has 0 saturated carbocycles. The highest BCUT2D eigenvalue weighted by atomic mass is 35.5. The molecule has 8 heteroatoms. The quantitative estimate of drug-likeness (QED) is 0.489. The lowest BCUT2D eigenvalue weighted by Gasteiger charge is -2.08. The first-order valence-corrected chi connectivity index (χ1v) is 5.84. The second-order valence-corrected chi connectivity index (χ2v) is 4.35. The zero-order valence-electron chi connectivity index (χ0n) is 9.63. The molecule has 1 heterocycles. The lowest BCUT2D eigenvalue weighted by Crippen LogP contribution is -1.95. The Morgan fingerprint density at radius 2 is 2.11 bits per heavy atom. The molecule has 98 valence electrons. The van der Waals surface area contributed by atoms with Crippen molar-refractivity contribution < 1.29 is 9.66 Å². The number of non-ortho nitro benzene ring substituents is 1. The topological polar surface area (TPSA) is 78.2 Å². The summed E-state index contributed by atoms with van der Waals surface area (Å²) in [7, 11) is 0. The first-order valence-electron chi connectivity index (χ1n) is 5.08. The number of rotatable bonds is 3. The molecule has 19 heavy (non-hydrogen) atoms. The van der Waals surface area contributed by atoms with Gasteiger partial charge in [0.05, 0.1) is 16.0 Å². The van der Waals surface area contributed by atoms with Gasteiger partial charge in [0.1, 0.15) is 0 Å². The monoisotopic (exact) mass is 299 g/mol. The number of hydrogen-bond acceptors (Lipinski definition) is 5. The van der Waals surface area contributed by atoms with Gasteiger partial charge in [0, 0.05) is 17.8 Å². The number of hydrogen-bond donors (Lipinski definition) is 0. The number of ether oxygens (including phenoxy) is 1. The van der Waals surface area contributed by atoms with Gasteiger partial charge in [-0.1, -0.05) is 11.6 Å². The van der Waals surface area contributed by atoms with Gasteiger partial charge in [0.25, 0.3) is 5.69 Å². The summed E-state index contributed by atoms with van der Waals surface area (Å²) >= 11 is 11.6. The Morgan fingerprint density at radius 3 is 2.79 bits per heavy atom. The maximum Gasteiger partial charge on any atom is 0.273 e. The molecule has 0 fully saturated rings. The highest BCUT2D eigenvalue weighted by Crippen LogP contribution is 2.33. The van der Waals surface area contributed by atoms with E-state index in [0.717, 1.165) is 0 Å². The summed E-state index contributed by atoms with van der Waals surface area (Å²) in [6.07, 6.45) is 1.48. The minimum Gasteiger partial charge on any atom is -0.437 e. The molecule has 0 spiro atoms. The van der Waals surface area contributed by atoms with Gasteiger partial charge in [-0.2, -0.15) is 4.98 Å². The normalized spacial score (nSPS) is 10.3. The minimum atomic E-state index is -0.539. The molecule has 2 rings (SSSR count). The SMILES string of the molecule is Cc1cnc(Cl)nc1Oc1cc([N+](=O)[O-])ccc1Cl. The van der Waals surface area contributed by atoms with Crippen LogP contribution in [0.2, 0.25) is 10.3 Å². The Hall–Kier alpha value is -1.92. The molecular formula is C11H7Cl2N3O3. The molecule has 0 aliphatic heterocycles. The molecule has 0 N–H and O–H groups in total. The van der Waals surface area contributed by atoms with Crippen molar-refractivity contribution in [2.45, 2.75) is 6.92 Å². The highest BCUT2D eigenvalue weighted by Gasteiger charge is 2.13. The second kappa shape index (κ2) is 5.38. The molecule has 0 aliphatic rings. The van der Waals surface area contributed by atoms with Gasteiger partial charge in [-0.3, -0.25) is 10.1 Å². The molecule has 0 saturated heterocycles. The van der Waals surface area contributed by atoms with Crippen LogP contribution in [0.1, 0.15) is 5.56 Å². The molecule has 1 aromatic heterocycles. The summed E-state index contributed by atoms with van der Waals surface area (Å²) in [5.74, 6) is 0.330. The summed E-state index contributed by atoms with van der Waals surface area (Å²) in [5, 5.41) is 10.9. The first kappa shape index (κ1) is 13.5. The molecule has 1 aromatic carbocycles. The van der Waals surface area contributed by atoms with E-state index in [1.54, 1.807) is 6.92 Å². The first-order chi connectivity index (χ1) is 8.97. The Balaban J connectivity index is 2.40. The summed E-state index contributed by atoms with van der Waals surface area (Å²) in [4.78, 5) is 17.8. The van der Waals surface area contributed by atoms with Gasteiger partial charge < -0.3 is 4.74 Å². The summed E-state index contributed by atoms with van der Waals surface area (Å²) in [6, 6.07) is 3.89. The standard InChI is InChI=1S/C11H7Cl2N3O3/c1-6-5-14-11(13)15-10(6)19-9-4-7(16(17)18)2-3-8(9)12/h2-5H,1H3. The average Bonchev–Trinajstić information content (AvgIpc) is 2.36. The molecule has 2 aromatic rings. The van der Waals surface area contributed by atoms with Crippen molar-refractivity contribution in [2.24, 2.45) is 0 Å². The second-order valence-electron chi connectivity index (χ2n) is 3.60. The molecule has 0 bridgehead atoms. The van der Waals surface area contributed by atoms with E-state index < -0.39 is 4.92 Å². The van der Waals surface area contributed by atoms with Crippen LogP contribution in [-0.4, -0.2) is 14.9 Å². The van der Waals surface area contributed by atoms with Gasteiger partial charge in [-0.15, -0.1) is 0 Å². The molecule has 0 amide bonds. The predicted octanol–water partition coefficient (Wildman–Crippen LogP) is 3.79. The molecule has 0 radical (unpaired) electrons. The van der Waals surface area contributed by atoms with Crippen LogP contribution in [0.5, 0.6) is 11.6 Å². The summed E-state index contributed by atoms with van der Waals surface area (Å²) < 4.78 is 5.44. The van der Waals surface area contributed by atoms with Crippen molar-refractivity contribution >= 4 is 28.9 Å². The smallest absolute Gasteiger partial charge is 0.273 e. The third-order valence-electron chi connectivity index (χ3n) is 2.23. The van der Waals surface area contributed by atoms with Crippen LogP contribution in [-0.2, 0) is 0 Å². The van der Waals surface area contributed by atoms with E-state index in [2.05, 4.69) is 9.97 Å². The summed E-state index contributed by atoms with van der Waals surface area (Å²) in [6.45, 7) is 1.72. The van der Waals surface area contributed by atoms with E-state index in [4.69, 9.17) is 27.9 Å². The van der Waals surface area contributed by atoms with Crippen molar-refractivity contribution in [1.82, 2.24) is 9.97 Å². The zero-order chi connectivity index (χ0) is 14.0. The third-order valence-corrected chi connectivity index (χ3v) is 2.72. The number of nitro benzene ring substituents is 1. The van der Waals surface area contributed by atoms with Crippen LogP contribution in [0.3, 0.4) is 0 Å². The third kappa shape index (κ3) is 3.10.